The van der Waals surface area contributed by atoms with Crippen molar-refractivity contribution in [2.45, 2.75) is 19.3 Å². The normalized spacial score (nSPS) is 10.4. The summed E-state index contributed by atoms with van der Waals surface area (Å²) in [5, 5.41) is 0. The Morgan fingerprint density at radius 3 is 1.87 bits per heavy atom. The summed E-state index contributed by atoms with van der Waals surface area (Å²) >= 11 is 0. The van der Waals surface area contributed by atoms with Crippen LogP contribution >= 0.6 is 0 Å². The van der Waals surface area contributed by atoms with E-state index < -0.39 is 24.4 Å². The minimum atomic E-state index is -0.621. The highest BCUT2D eigenvalue weighted by Crippen LogP contribution is 2.28. The molecule has 0 saturated heterocycles. The molecule has 0 spiro atoms. The minimum absolute atomic E-state index is 0.0943. The van der Waals surface area contributed by atoms with E-state index in [0.717, 1.165) is 16.7 Å². The summed E-state index contributed by atoms with van der Waals surface area (Å²) in [6.07, 6.45) is 0.0943. The van der Waals surface area contributed by atoms with Crippen molar-refractivity contribution < 1.29 is 19.1 Å². The van der Waals surface area contributed by atoms with Gasteiger partial charge >= 0.3 is 5.97 Å². The summed E-state index contributed by atoms with van der Waals surface area (Å²) in [6.45, 7) is 1.43. The van der Waals surface area contributed by atoms with E-state index in [2.05, 4.69) is 10.9 Å². The standard InChI is InChI=1S/C25H24N2O4/c1-18-12-14-21(15-13-18)25(30)27-26-23(28)17-31-24(29)16-22(19-8-4-2-5-9-19)20-10-6-3-7-11-20/h2-15,22H,16-17H2,1H3,(H,26,28)(H,27,30). The molecule has 0 heterocycles. The van der Waals surface area contributed by atoms with Gasteiger partial charge in [-0.3, -0.25) is 25.2 Å². The van der Waals surface area contributed by atoms with Crippen LogP contribution in [0.15, 0.2) is 84.9 Å². The van der Waals surface area contributed by atoms with Gasteiger partial charge in [-0.15, -0.1) is 0 Å². The molecule has 0 unspecified atom stereocenters. The molecule has 2 N–H and O–H groups in total. The number of hydrazine groups is 1. The smallest absolute Gasteiger partial charge is 0.307 e. The molecule has 0 atom stereocenters. The average Bonchev–Trinajstić information content (AvgIpc) is 2.81. The monoisotopic (exact) mass is 416 g/mol. The molecule has 3 aromatic rings. The first-order valence-electron chi connectivity index (χ1n) is 9.94. The van der Waals surface area contributed by atoms with E-state index in [9.17, 15) is 14.4 Å². The van der Waals surface area contributed by atoms with Gasteiger partial charge in [-0.1, -0.05) is 78.4 Å². The molecule has 3 rings (SSSR count). The van der Waals surface area contributed by atoms with Gasteiger partial charge in [0, 0.05) is 11.5 Å². The Bertz CT molecular complexity index is 979. The van der Waals surface area contributed by atoms with Crippen molar-refractivity contribution in [3.8, 4) is 0 Å². The molecule has 3 aromatic carbocycles. The van der Waals surface area contributed by atoms with E-state index in [1.54, 1.807) is 24.3 Å². The van der Waals surface area contributed by atoms with Crippen LogP contribution in [0.3, 0.4) is 0 Å². The van der Waals surface area contributed by atoms with Gasteiger partial charge in [-0.05, 0) is 30.2 Å². The van der Waals surface area contributed by atoms with Gasteiger partial charge in [0.05, 0.1) is 6.42 Å². The first kappa shape index (κ1) is 21.8. The Morgan fingerprint density at radius 2 is 1.32 bits per heavy atom. The highest BCUT2D eigenvalue weighted by atomic mass is 16.5. The van der Waals surface area contributed by atoms with Gasteiger partial charge < -0.3 is 4.74 Å². The third kappa shape index (κ3) is 6.54. The Kier molecular flexibility index (Phi) is 7.54. The van der Waals surface area contributed by atoms with E-state index >= 15 is 0 Å². The topological polar surface area (TPSA) is 84.5 Å². The van der Waals surface area contributed by atoms with Crippen molar-refractivity contribution in [2.24, 2.45) is 0 Å². The first-order valence-corrected chi connectivity index (χ1v) is 9.94. The maximum absolute atomic E-state index is 12.4. The largest absolute Gasteiger partial charge is 0.455 e. The van der Waals surface area contributed by atoms with Crippen LogP contribution in [0.1, 0.15) is 39.4 Å². The number of aryl methyl sites for hydroxylation is 1. The van der Waals surface area contributed by atoms with Gasteiger partial charge in [0.15, 0.2) is 6.61 Å². The summed E-state index contributed by atoms with van der Waals surface area (Å²) in [5.74, 6) is -1.76. The molecule has 0 aliphatic heterocycles. The summed E-state index contributed by atoms with van der Waals surface area (Å²) in [4.78, 5) is 36.4. The minimum Gasteiger partial charge on any atom is -0.455 e. The third-order valence-electron chi connectivity index (χ3n) is 4.77. The van der Waals surface area contributed by atoms with Gasteiger partial charge in [0.2, 0.25) is 0 Å². The quantitative estimate of drug-likeness (QED) is 0.456. The second kappa shape index (κ2) is 10.7. The lowest BCUT2D eigenvalue weighted by Gasteiger charge is -2.17. The zero-order chi connectivity index (χ0) is 22.1. The number of benzene rings is 3. The predicted octanol–water partition coefficient (Wildman–Crippen LogP) is 3.52. The van der Waals surface area contributed by atoms with Crippen molar-refractivity contribution >= 4 is 17.8 Å². The van der Waals surface area contributed by atoms with E-state index in [0.29, 0.717) is 5.56 Å². The molecule has 0 radical (unpaired) electrons. The second-order valence-electron chi connectivity index (χ2n) is 7.11. The molecule has 31 heavy (non-hydrogen) atoms. The van der Waals surface area contributed by atoms with E-state index in [-0.39, 0.29) is 12.3 Å². The molecular formula is C25H24N2O4. The van der Waals surface area contributed by atoms with Gasteiger partial charge in [0.1, 0.15) is 0 Å². The maximum atomic E-state index is 12.4. The number of carbonyl (C=O) groups excluding carboxylic acids is 3. The van der Waals surface area contributed by atoms with Crippen molar-refractivity contribution in [3.05, 3.63) is 107 Å². The second-order valence-corrected chi connectivity index (χ2v) is 7.11. The molecular weight excluding hydrogens is 392 g/mol. The number of ether oxygens (including phenoxy) is 1. The Balaban J connectivity index is 1.51. The van der Waals surface area contributed by atoms with Crippen molar-refractivity contribution in [2.75, 3.05) is 6.61 Å². The zero-order valence-electron chi connectivity index (χ0n) is 17.2. The molecule has 0 aliphatic rings. The summed E-state index contributed by atoms with van der Waals surface area (Å²) in [6, 6.07) is 26.2. The van der Waals surface area contributed by atoms with E-state index in [4.69, 9.17) is 4.74 Å². The Labute approximate surface area is 181 Å². The molecule has 2 amide bonds. The highest BCUT2D eigenvalue weighted by molar-refractivity contribution is 5.95. The SMILES string of the molecule is Cc1ccc(C(=O)NNC(=O)COC(=O)CC(c2ccccc2)c2ccccc2)cc1. The van der Waals surface area contributed by atoms with Crippen LogP contribution in [-0.4, -0.2) is 24.4 Å². The predicted molar refractivity (Wildman–Crippen MR) is 117 cm³/mol. The summed E-state index contributed by atoms with van der Waals surface area (Å²) in [5.41, 5.74) is 7.97. The third-order valence-corrected chi connectivity index (χ3v) is 4.77. The number of amides is 2. The Hall–Kier alpha value is -3.93. The van der Waals surface area contributed by atoms with Crippen LogP contribution in [0.5, 0.6) is 0 Å². The number of hydrogen-bond donors (Lipinski definition) is 2. The molecule has 6 nitrogen and oxygen atoms in total. The van der Waals surface area contributed by atoms with Crippen LogP contribution in [-0.2, 0) is 14.3 Å². The summed E-state index contributed by atoms with van der Waals surface area (Å²) < 4.78 is 5.13. The lowest BCUT2D eigenvalue weighted by molar-refractivity contribution is -0.148. The molecule has 158 valence electrons. The molecule has 0 aromatic heterocycles. The molecule has 0 aliphatic carbocycles. The maximum Gasteiger partial charge on any atom is 0.307 e. The molecule has 0 saturated carbocycles. The van der Waals surface area contributed by atoms with E-state index in [1.807, 2.05) is 67.6 Å². The van der Waals surface area contributed by atoms with Gasteiger partial charge in [0.25, 0.3) is 11.8 Å². The summed E-state index contributed by atoms with van der Waals surface area (Å²) in [7, 11) is 0. The fourth-order valence-corrected chi connectivity index (χ4v) is 3.11. The number of esters is 1. The highest BCUT2D eigenvalue weighted by Gasteiger charge is 2.19. The molecule has 6 heteroatoms. The van der Waals surface area contributed by atoms with Crippen molar-refractivity contribution in [1.82, 2.24) is 10.9 Å². The number of rotatable bonds is 7. The zero-order valence-corrected chi connectivity index (χ0v) is 17.2. The van der Waals surface area contributed by atoms with Crippen LogP contribution < -0.4 is 10.9 Å². The first-order chi connectivity index (χ1) is 15.0. The van der Waals surface area contributed by atoms with Gasteiger partial charge in [-0.25, -0.2) is 0 Å². The van der Waals surface area contributed by atoms with Crippen LogP contribution in [0.4, 0.5) is 0 Å². The lowest BCUT2D eigenvalue weighted by Crippen LogP contribution is -2.43. The lowest BCUT2D eigenvalue weighted by atomic mass is 9.89. The van der Waals surface area contributed by atoms with Crippen molar-refractivity contribution in [3.63, 3.8) is 0 Å². The Morgan fingerprint density at radius 1 is 0.774 bits per heavy atom. The molecule has 0 fully saturated rings. The fourth-order valence-electron chi connectivity index (χ4n) is 3.11. The van der Waals surface area contributed by atoms with Crippen LogP contribution in [0.2, 0.25) is 0 Å². The van der Waals surface area contributed by atoms with Crippen LogP contribution in [0, 0.1) is 6.92 Å². The number of hydrogen-bond acceptors (Lipinski definition) is 4. The van der Waals surface area contributed by atoms with Gasteiger partial charge in [-0.2, -0.15) is 0 Å². The number of nitrogens with one attached hydrogen (secondary N) is 2. The molecule has 0 bridgehead atoms. The fraction of sp³-hybridized carbons (Fsp3) is 0.160. The number of carbonyl (C=O) groups is 3. The van der Waals surface area contributed by atoms with Crippen molar-refractivity contribution in [1.29, 1.82) is 0 Å². The van der Waals surface area contributed by atoms with Crippen LogP contribution in [0.25, 0.3) is 0 Å². The van der Waals surface area contributed by atoms with E-state index in [1.165, 1.54) is 0 Å². The average molecular weight is 416 g/mol.